The van der Waals surface area contributed by atoms with Crippen LogP contribution in [-0.2, 0) is 0 Å². The van der Waals surface area contributed by atoms with Crippen LogP contribution in [-0.4, -0.2) is 18.2 Å². The Labute approximate surface area is 108 Å². The van der Waals surface area contributed by atoms with Gasteiger partial charge in [0.05, 0.1) is 11.6 Å². The van der Waals surface area contributed by atoms with Gasteiger partial charge in [0.25, 0.3) is 0 Å². The molecule has 0 aromatic heterocycles. The summed E-state index contributed by atoms with van der Waals surface area (Å²) in [5.74, 6) is 0.832. The SMILES string of the molecule is N#Cc1cccc(O[C@H]2C[C@H]3CCC[C@@H](C2)N3)c1. The fourth-order valence-corrected chi connectivity index (χ4v) is 3.14. The third-order valence-corrected chi connectivity index (χ3v) is 3.94. The molecule has 2 heterocycles. The van der Waals surface area contributed by atoms with E-state index in [1.165, 1.54) is 19.3 Å². The lowest BCUT2D eigenvalue weighted by Gasteiger charge is -2.40. The molecule has 0 aliphatic carbocycles. The van der Waals surface area contributed by atoms with Crippen LogP contribution >= 0.6 is 0 Å². The molecule has 1 aromatic carbocycles. The fraction of sp³-hybridized carbons (Fsp3) is 0.533. The minimum atomic E-state index is 0.301. The quantitative estimate of drug-likeness (QED) is 0.867. The summed E-state index contributed by atoms with van der Waals surface area (Å²) in [6.07, 6.45) is 6.37. The van der Waals surface area contributed by atoms with Crippen molar-refractivity contribution in [2.75, 3.05) is 0 Å². The molecule has 2 bridgehead atoms. The highest BCUT2D eigenvalue weighted by molar-refractivity contribution is 5.36. The van der Waals surface area contributed by atoms with Crippen molar-refractivity contribution in [1.29, 1.82) is 5.26 Å². The first-order valence-electron chi connectivity index (χ1n) is 6.76. The minimum Gasteiger partial charge on any atom is -0.490 e. The Morgan fingerprint density at radius 1 is 1.22 bits per heavy atom. The number of ether oxygens (including phenoxy) is 1. The van der Waals surface area contributed by atoms with Gasteiger partial charge >= 0.3 is 0 Å². The number of hydrogen-bond donors (Lipinski definition) is 1. The summed E-state index contributed by atoms with van der Waals surface area (Å²) >= 11 is 0. The van der Waals surface area contributed by atoms with Crippen LogP contribution in [0.3, 0.4) is 0 Å². The zero-order chi connectivity index (χ0) is 12.4. The van der Waals surface area contributed by atoms with Crippen molar-refractivity contribution >= 4 is 0 Å². The molecule has 18 heavy (non-hydrogen) atoms. The summed E-state index contributed by atoms with van der Waals surface area (Å²) in [7, 11) is 0. The fourth-order valence-electron chi connectivity index (χ4n) is 3.14. The van der Waals surface area contributed by atoms with E-state index in [2.05, 4.69) is 11.4 Å². The van der Waals surface area contributed by atoms with Crippen molar-refractivity contribution in [1.82, 2.24) is 5.32 Å². The Balaban J connectivity index is 1.67. The van der Waals surface area contributed by atoms with E-state index < -0.39 is 0 Å². The van der Waals surface area contributed by atoms with Gasteiger partial charge in [0, 0.05) is 12.1 Å². The van der Waals surface area contributed by atoms with Gasteiger partial charge in [-0.25, -0.2) is 0 Å². The molecular weight excluding hydrogens is 224 g/mol. The van der Waals surface area contributed by atoms with E-state index in [-0.39, 0.29) is 0 Å². The van der Waals surface area contributed by atoms with Crippen LogP contribution in [0.5, 0.6) is 5.75 Å². The van der Waals surface area contributed by atoms with Gasteiger partial charge in [0.1, 0.15) is 11.9 Å². The first kappa shape index (κ1) is 11.6. The maximum absolute atomic E-state index is 8.88. The number of rotatable bonds is 2. The molecule has 0 unspecified atom stereocenters. The number of nitrogens with one attached hydrogen (secondary N) is 1. The van der Waals surface area contributed by atoms with Crippen LogP contribution in [0.25, 0.3) is 0 Å². The largest absolute Gasteiger partial charge is 0.490 e. The molecule has 3 heteroatoms. The molecule has 3 rings (SSSR count). The molecule has 2 aliphatic heterocycles. The topological polar surface area (TPSA) is 45.0 Å². The van der Waals surface area contributed by atoms with Crippen molar-refractivity contribution in [2.45, 2.75) is 50.3 Å². The van der Waals surface area contributed by atoms with Gasteiger partial charge in [0.2, 0.25) is 0 Å². The molecule has 3 atom stereocenters. The van der Waals surface area contributed by atoms with E-state index in [1.807, 2.05) is 24.3 Å². The van der Waals surface area contributed by atoms with Crippen molar-refractivity contribution in [2.24, 2.45) is 0 Å². The van der Waals surface area contributed by atoms with E-state index in [0.717, 1.165) is 18.6 Å². The van der Waals surface area contributed by atoms with Crippen LogP contribution in [0.2, 0.25) is 0 Å². The van der Waals surface area contributed by atoms with Crippen molar-refractivity contribution in [3.8, 4) is 11.8 Å². The lowest BCUT2D eigenvalue weighted by Crippen LogP contribution is -2.51. The molecule has 94 valence electrons. The summed E-state index contributed by atoms with van der Waals surface area (Å²) in [4.78, 5) is 0. The molecule has 2 saturated heterocycles. The van der Waals surface area contributed by atoms with E-state index in [0.29, 0.717) is 23.8 Å². The number of fused-ring (bicyclic) bond motifs is 2. The van der Waals surface area contributed by atoms with Gasteiger partial charge in [-0.1, -0.05) is 12.5 Å². The highest BCUT2D eigenvalue weighted by atomic mass is 16.5. The first-order chi connectivity index (χ1) is 8.83. The lowest BCUT2D eigenvalue weighted by molar-refractivity contribution is 0.0927. The summed E-state index contributed by atoms with van der Waals surface area (Å²) in [6.45, 7) is 0. The second-order valence-electron chi connectivity index (χ2n) is 5.34. The smallest absolute Gasteiger partial charge is 0.121 e. The molecule has 2 fully saturated rings. The molecule has 0 spiro atoms. The average Bonchev–Trinajstić information content (AvgIpc) is 2.38. The minimum absolute atomic E-state index is 0.301. The molecule has 1 N–H and O–H groups in total. The molecule has 2 aliphatic rings. The monoisotopic (exact) mass is 242 g/mol. The number of piperidine rings is 2. The Kier molecular flexibility index (Phi) is 3.21. The molecular formula is C15H18N2O. The zero-order valence-electron chi connectivity index (χ0n) is 10.4. The van der Waals surface area contributed by atoms with Crippen molar-refractivity contribution in [3.05, 3.63) is 29.8 Å². The van der Waals surface area contributed by atoms with Crippen LogP contribution in [0, 0.1) is 11.3 Å². The van der Waals surface area contributed by atoms with Crippen molar-refractivity contribution < 1.29 is 4.74 Å². The zero-order valence-corrected chi connectivity index (χ0v) is 10.4. The lowest BCUT2D eigenvalue weighted by atomic mass is 9.85. The first-order valence-corrected chi connectivity index (χ1v) is 6.76. The Morgan fingerprint density at radius 3 is 2.72 bits per heavy atom. The third kappa shape index (κ3) is 2.49. The number of nitrogens with zero attached hydrogens (tertiary/aromatic N) is 1. The van der Waals surface area contributed by atoms with Gasteiger partial charge < -0.3 is 10.1 Å². The standard InChI is InChI=1S/C15H18N2O/c16-10-11-3-1-6-14(7-11)18-15-8-12-4-2-5-13(9-15)17-12/h1,3,6-7,12-13,15,17H,2,4-5,8-9H2/t12-,13+,15+. The van der Waals surface area contributed by atoms with Crippen LogP contribution in [0.15, 0.2) is 24.3 Å². The molecule has 3 nitrogen and oxygen atoms in total. The van der Waals surface area contributed by atoms with Gasteiger partial charge in [-0.3, -0.25) is 0 Å². The van der Waals surface area contributed by atoms with E-state index in [9.17, 15) is 0 Å². The second kappa shape index (κ2) is 4.99. The second-order valence-corrected chi connectivity index (χ2v) is 5.34. The van der Waals surface area contributed by atoms with Gasteiger partial charge in [-0.05, 0) is 43.9 Å². The number of hydrogen-bond acceptors (Lipinski definition) is 3. The van der Waals surface area contributed by atoms with E-state index >= 15 is 0 Å². The number of benzene rings is 1. The summed E-state index contributed by atoms with van der Waals surface area (Å²) in [5.41, 5.74) is 0.668. The van der Waals surface area contributed by atoms with Gasteiger partial charge in [0.15, 0.2) is 0 Å². The molecule has 0 saturated carbocycles. The van der Waals surface area contributed by atoms with Crippen LogP contribution in [0.4, 0.5) is 0 Å². The van der Waals surface area contributed by atoms with Gasteiger partial charge in [-0.2, -0.15) is 5.26 Å². The molecule has 0 amide bonds. The Hall–Kier alpha value is -1.53. The highest BCUT2D eigenvalue weighted by Crippen LogP contribution is 2.28. The summed E-state index contributed by atoms with van der Waals surface area (Å²) < 4.78 is 6.04. The summed E-state index contributed by atoms with van der Waals surface area (Å²) in [6, 6.07) is 10.9. The Morgan fingerprint density at radius 2 is 2.00 bits per heavy atom. The van der Waals surface area contributed by atoms with Crippen molar-refractivity contribution in [3.63, 3.8) is 0 Å². The predicted molar refractivity (Wildman–Crippen MR) is 69.4 cm³/mol. The normalized spacial score (nSPS) is 30.5. The summed E-state index contributed by atoms with van der Waals surface area (Å²) in [5, 5.41) is 12.5. The van der Waals surface area contributed by atoms with Gasteiger partial charge in [-0.15, -0.1) is 0 Å². The average molecular weight is 242 g/mol. The van der Waals surface area contributed by atoms with Crippen LogP contribution < -0.4 is 10.1 Å². The Bertz CT molecular complexity index is 454. The maximum Gasteiger partial charge on any atom is 0.121 e. The van der Waals surface area contributed by atoms with Crippen LogP contribution in [0.1, 0.15) is 37.7 Å². The van der Waals surface area contributed by atoms with E-state index in [4.69, 9.17) is 10.00 Å². The number of nitriles is 1. The molecule has 0 radical (unpaired) electrons. The predicted octanol–water partition coefficient (Wildman–Crippen LogP) is 2.61. The van der Waals surface area contributed by atoms with E-state index in [1.54, 1.807) is 0 Å². The maximum atomic E-state index is 8.88. The highest BCUT2D eigenvalue weighted by Gasteiger charge is 2.32. The third-order valence-electron chi connectivity index (χ3n) is 3.94. The molecule has 1 aromatic rings.